The van der Waals surface area contributed by atoms with Gasteiger partial charge in [0.05, 0.1) is 4.53 Å². The van der Waals surface area contributed by atoms with Gasteiger partial charge < -0.3 is 4.57 Å². The van der Waals surface area contributed by atoms with Gasteiger partial charge in [-0.1, -0.05) is 40.6 Å². The molecule has 2 aromatic heterocycles. The van der Waals surface area contributed by atoms with Gasteiger partial charge >= 0.3 is 0 Å². The minimum absolute atomic E-state index is 0.138. The van der Waals surface area contributed by atoms with Crippen LogP contribution < -0.4 is 14.8 Å². The van der Waals surface area contributed by atoms with Gasteiger partial charge in [-0.2, -0.15) is 5.26 Å². The molecule has 1 aromatic carbocycles. The van der Waals surface area contributed by atoms with Gasteiger partial charge in [0.2, 0.25) is 0 Å². The van der Waals surface area contributed by atoms with E-state index in [9.17, 15) is 10.1 Å². The number of aromatic nitrogens is 4. The molecule has 0 N–H and O–H groups in total. The highest BCUT2D eigenvalue weighted by Crippen LogP contribution is 2.18. The number of nitriles is 1. The predicted molar refractivity (Wildman–Crippen MR) is 121 cm³/mol. The maximum absolute atomic E-state index is 13.1. The molecule has 0 amide bonds. The molecule has 0 aliphatic carbocycles. The standard InChI is InChI=1S/C22H20BrN5OS/c1-2-11-28-21(29)18(13-15-7-9-16(23)10-8-15)30-22(28)17(14-24)20-26-25-19-6-4-3-5-12-27(19)20/h2,7-10,13H,1,3-6,11-12H2/b18-13-,22-17-. The van der Waals surface area contributed by atoms with E-state index in [1.807, 2.05) is 34.9 Å². The fraction of sp³-hybridized carbons (Fsp3) is 0.273. The van der Waals surface area contributed by atoms with Crippen LogP contribution in [0.15, 0.2) is 46.2 Å². The van der Waals surface area contributed by atoms with Crippen LogP contribution in [0, 0.1) is 11.3 Å². The molecular weight excluding hydrogens is 462 g/mol. The Bertz CT molecular complexity index is 1310. The summed E-state index contributed by atoms with van der Waals surface area (Å²) in [4.78, 5) is 13.1. The second kappa shape index (κ2) is 8.94. The highest BCUT2D eigenvalue weighted by Gasteiger charge is 2.20. The van der Waals surface area contributed by atoms with Crippen molar-refractivity contribution < 1.29 is 0 Å². The van der Waals surface area contributed by atoms with E-state index in [1.54, 1.807) is 10.6 Å². The molecule has 0 bridgehead atoms. The summed E-state index contributed by atoms with van der Waals surface area (Å²) in [6.45, 7) is 4.89. The highest BCUT2D eigenvalue weighted by atomic mass is 79.9. The highest BCUT2D eigenvalue weighted by molar-refractivity contribution is 9.10. The molecule has 8 heteroatoms. The van der Waals surface area contributed by atoms with Gasteiger partial charge in [0.25, 0.3) is 5.56 Å². The van der Waals surface area contributed by atoms with Crippen molar-refractivity contribution in [2.24, 2.45) is 0 Å². The van der Waals surface area contributed by atoms with Crippen LogP contribution in [0.3, 0.4) is 0 Å². The lowest BCUT2D eigenvalue weighted by Gasteiger charge is -2.06. The number of halogens is 1. The smallest absolute Gasteiger partial charge is 0.269 e. The molecule has 30 heavy (non-hydrogen) atoms. The third kappa shape index (κ3) is 3.95. The summed E-state index contributed by atoms with van der Waals surface area (Å²) in [5, 5.41) is 18.7. The number of hydrogen-bond acceptors (Lipinski definition) is 5. The van der Waals surface area contributed by atoms with Crippen LogP contribution in [0.4, 0.5) is 0 Å². The van der Waals surface area contributed by atoms with E-state index in [-0.39, 0.29) is 5.56 Å². The van der Waals surface area contributed by atoms with Gasteiger partial charge in [0, 0.05) is 24.0 Å². The normalized spacial score (nSPS) is 15.3. The van der Waals surface area contributed by atoms with Crippen LogP contribution in [-0.4, -0.2) is 19.3 Å². The first kappa shape index (κ1) is 20.5. The van der Waals surface area contributed by atoms with Crippen LogP contribution in [0.5, 0.6) is 0 Å². The Labute approximate surface area is 186 Å². The molecule has 0 radical (unpaired) electrons. The van der Waals surface area contributed by atoms with E-state index in [0.29, 0.717) is 27.1 Å². The summed E-state index contributed by atoms with van der Waals surface area (Å²) in [6.07, 6.45) is 7.62. The minimum Gasteiger partial charge on any atom is -0.310 e. The van der Waals surface area contributed by atoms with Gasteiger partial charge in [-0.3, -0.25) is 9.36 Å². The molecule has 0 atom stereocenters. The number of thiazole rings is 1. The van der Waals surface area contributed by atoms with Gasteiger partial charge in [0.15, 0.2) is 5.82 Å². The lowest BCUT2D eigenvalue weighted by molar-refractivity contribution is 0.626. The number of rotatable bonds is 4. The third-order valence-corrected chi connectivity index (χ3v) is 6.70. The average Bonchev–Trinajstić information content (AvgIpc) is 3.17. The SMILES string of the molecule is C=CCn1c(=O)/c(=C/c2ccc(Br)cc2)s/c1=C(/C#N)c1nnc2n1CCCCC2. The summed E-state index contributed by atoms with van der Waals surface area (Å²) in [5.41, 5.74) is 1.17. The van der Waals surface area contributed by atoms with E-state index in [0.717, 1.165) is 48.1 Å². The van der Waals surface area contributed by atoms with E-state index in [2.05, 4.69) is 38.8 Å². The summed E-state index contributed by atoms with van der Waals surface area (Å²) < 4.78 is 5.76. The van der Waals surface area contributed by atoms with Gasteiger partial charge in [-0.05, 0) is 36.6 Å². The first-order chi connectivity index (χ1) is 14.6. The molecule has 0 unspecified atom stereocenters. The second-order valence-electron chi connectivity index (χ2n) is 7.06. The van der Waals surface area contributed by atoms with E-state index in [1.165, 1.54) is 11.3 Å². The average molecular weight is 482 g/mol. The molecular formula is C22H20BrN5OS. The van der Waals surface area contributed by atoms with Crippen LogP contribution in [0.25, 0.3) is 11.6 Å². The molecule has 6 nitrogen and oxygen atoms in total. The van der Waals surface area contributed by atoms with Crippen molar-refractivity contribution in [1.82, 2.24) is 19.3 Å². The zero-order chi connectivity index (χ0) is 21.1. The Hall–Kier alpha value is -2.76. The quantitative estimate of drug-likeness (QED) is 0.536. The lowest BCUT2D eigenvalue weighted by atomic mass is 10.2. The van der Waals surface area contributed by atoms with Crippen molar-refractivity contribution in [3.05, 3.63) is 78.2 Å². The third-order valence-electron chi connectivity index (χ3n) is 5.05. The maximum atomic E-state index is 13.1. The van der Waals surface area contributed by atoms with Gasteiger partial charge in [0.1, 0.15) is 22.1 Å². The molecule has 4 rings (SSSR count). The topological polar surface area (TPSA) is 76.5 Å². The van der Waals surface area contributed by atoms with Crippen molar-refractivity contribution in [3.63, 3.8) is 0 Å². The Morgan fingerprint density at radius 1 is 1.27 bits per heavy atom. The van der Waals surface area contributed by atoms with Crippen molar-refractivity contribution in [2.45, 2.75) is 38.8 Å². The van der Waals surface area contributed by atoms with Gasteiger partial charge in [-0.25, -0.2) is 0 Å². The Kier molecular flexibility index (Phi) is 6.11. The number of nitrogens with zero attached hydrogens (tertiary/aromatic N) is 5. The minimum atomic E-state index is -0.138. The van der Waals surface area contributed by atoms with Crippen LogP contribution in [-0.2, 0) is 19.5 Å². The summed E-state index contributed by atoms with van der Waals surface area (Å²) in [6, 6.07) is 10.0. The Balaban J connectivity index is 1.97. The first-order valence-corrected chi connectivity index (χ1v) is 11.4. The Morgan fingerprint density at radius 3 is 2.80 bits per heavy atom. The number of hydrogen-bond donors (Lipinski definition) is 0. The fourth-order valence-electron chi connectivity index (χ4n) is 3.57. The number of benzene rings is 1. The largest absolute Gasteiger partial charge is 0.310 e. The van der Waals surface area contributed by atoms with Crippen LogP contribution in [0.2, 0.25) is 0 Å². The molecule has 152 valence electrons. The number of fused-ring (bicyclic) bond motifs is 1. The van der Waals surface area contributed by atoms with Crippen molar-refractivity contribution >= 4 is 38.9 Å². The monoisotopic (exact) mass is 481 g/mol. The molecule has 0 fully saturated rings. The molecule has 3 aromatic rings. The summed E-state index contributed by atoms with van der Waals surface area (Å²) in [5.74, 6) is 1.45. The molecule has 0 spiro atoms. The van der Waals surface area contributed by atoms with E-state index >= 15 is 0 Å². The first-order valence-electron chi connectivity index (χ1n) is 9.77. The Morgan fingerprint density at radius 2 is 2.07 bits per heavy atom. The summed E-state index contributed by atoms with van der Waals surface area (Å²) in [7, 11) is 0. The van der Waals surface area contributed by atoms with E-state index < -0.39 is 0 Å². The molecule has 1 aliphatic heterocycles. The zero-order valence-corrected chi connectivity index (χ0v) is 18.7. The van der Waals surface area contributed by atoms with Crippen LogP contribution in [0.1, 0.15) is 36.5 Å². The predicted octanol–water partition coefficient (Wildman–Crippen LogP) is 2.73. The molecule has 1 aliphatic rings. The van der Waals surface area contributed by atoms with Crippen molar-refractivity contribution in [3.8, 4) is 6.07 Å². The molecule has 0 saturated carbocycles. The molecule has 0 saturated heterocycles. The molecule has 3 heterocycles. The fourth-order valence-corrected chi connectivity index (χ4v) is 4.95. The maximum Gasteiger partial charge on any atom is 0.269 e. The summed E-state index contributed by atoms with van der Waals surface area (Å²) >= 11 is 4.73. The van der Waals surface area contributed by atoms with Crippen molar-refractivity contribution in [2.75, 3.05) is 0 Å². The van der Waals surface area contributed by atoms with Crippen LogP contribution >= 0.6 is 27.3 Å². The second-order valence-corrected chi connectivity index (χ2v) is 9.01. The number of aryl methyl sites for hydroxylation is 1. The lowest BCUT2D eigenvalue weighted by Crippen LogP contribution is -2.32. The number of allylic oxidation sites excluding steroid dienone is 1. The van der Waals surface area contributed by atoms with Gasteiger partial charge in [-0.15, -0.1) is 28.1 Å². The van der Waals surface area contributed by atoms with E-state index in [4.69, 9.17) is 0 Å². The van der Waals surface area contributed by atoms with Crippen molar-refractivity contribution in [1.29, 1.82) is 5.26 Å². The zero-order valence-electron chi connectivity index (χ0n) is 16.3.